The second-order valence-electron chi connectivity index (χ2n) is 6.73. The first-order valence-electron chi connectivity index (χ1n) is 9.14. The third-order valence-electron chi connectivity index (χ3n) is 4.49. The molecular formula is C20H15ClN2O7S3. The van der Waals surface area contributed by atoms with E-state index < -0.39 is 40.5 Å². The lowest BCUT2D eigenvalue weighted by molar-refractivity contribution is 0.484. The van der Waals surface area contributed by atoms with Gasteiger partial charge in [-0.05, 0) is 36.4 Å². The third-order valence-corrected chi connectivity index (χ3v) is 8.30. The molecule has 0 saturated carbocycles. The molecule has 3 aromatic carbocycles. The molecule has 33 heavy (non-hydrogen) atoms. The number of hydrogen-bond acceptors (Lipinski definition) is 7. The van der Waals surface area contributed by atoms with Crippen molar-refractivity contribution in [2.75, 3.05) is 9.44 Å². The maximum absolute atomic E-state index is 12.9. The molecule has 0 aliphatic heterocycles. The summed E-state index contributed by atoms with van der Waals surface area (Å²) in [5, 5.41) is 0.308. The average molecular weight is 527 g/mol. The summed E-state index contributed by atoms with van der Waals surface area (Å²) in [5.74, 6) is 0. The van der Waals surface area contributed by atoms with Gasteiger partial charge in [0.1, 0.15) is 10.5 Å². The van der Waals surface area contributed by atoms with Crippen LogP contribution in [-0.4, -0.2) is 25.3 Å². The van der Waals surface area contributed by atoms with E-state index in [9.17, 15) is 25.3 Å². The minimum atomic E-state index is -4.40. The van der Waals surface area contributed by atoms with Gasteiger partial charge in [0.2, 0.25) is 5.09 Å². The Hall–Kier alpha value is -3.06. The fraction of sp³-hybridized carbons (Fsp3) is 0. The Morgan fingerprint density at radius 1 is 0.758 bits per heavy atom. The lowest BCUT2D eigenvalue weighted by Crippen LogP contribution is -2.18. The average Bonchev–Trinajstić information content (AvgIpc) is 3.21. The van der Waals surface area contributed by atoms with E-state index >= 15 is 0 Å². The van der Waals surface area contributed by atoms with Gasteiger partial charge < -0.3 is 4.42 Å². The van der Waals surface area contributed by atoms with Gasteiger partial charge in [0.15, 0.2) is 10.7 Å². The first-order valence-corrected chi connectivity index (χ1v) is 13.7. The number of para-hydroxylation sites is 1. The summed E-state index contributed by atoms with van der Waals surface area (Å²) in [6, 6.07) is 16.8. The van der Waals surface area contributed by atoms with E-state index in [1.807, 2.05) is 0 Å². The highest BCUT2D eigenvalue weighted by molar-refractivity contribution is 7.93. The monoisotopic (exact) mass is 526 g/mol. The number of anilines is 2. The zero-order valence-electron chi connectivity index (χ0n) is 16.4. The number of nitrogens with one attached hydrogen (secondary N) is 2. The van der Waals surface area contributed by atoms with Crippen LogP contribution in [0.5, 0.6) is 0 Å². The van der Waals surface area contributed by atoms with Crippen LogP contribution >= 0.6 is 11.6 Å². The van der Waals surface area contributed by atoms with Gasteiger partial charge in [-0.2, -0.15) is 8.42 Å². The number of thiol groups is 1. The highest BCUT2D eigenvalue weighted by atomic mass is 35.5. The van der Waals surface area contributed by atoms with Crippen molar-refractivity contribution in [3.8, 4) is 0 Å². The Labute approximate surface area is 196 Å². The molecule has 4 aromatic rings. The van der Waals surface area contributed by atoms with Crippen molar-refractivity contribution in [1.29, 1.82) is 0 Å². The molecular weight excluding hydrogens is 512 g/mol. The van der Waals surface area contributed by atoms with E-state index in [4.69, 9.17) is 16.0 Å². The quantitative estimate of drug-likeness (QED) is 0.312. The molecule has 4 rings (SSSR count). The highest BCUT2D eigenvalue weighted by Crippen LogP contribution is 2.32. The molecule has 172 valence electrons. The van der Waals surface area contributed by atoms with Crippen LogP contribution in [0.1, 0.15) is 0 Å². The molecule has 0 radical (unpaired) electrons. The molecule has 0 atom stereocenters. The summed E-state index contributed by atoms with van der Waals surface area (Å²) < 4.78 is 84.5. The van der Waals surface area contributed by atoms with E-state index in [2.05, 4.69) is 9.44 Å². The molecule has 0 aliphatic rings. The summed E-state index contributed by atoms with van der Waals surface area (Å²) >= 11 is 6.00. The van der Waals surface area contributed by atoms with Gasteiger partial charge >= 0.3 is 0 Å². The molecule has 13 heteroatoms. The van der Waals surface area contributed by atoms with Gasteiger partial charge in [0, 0.05) is 16.5 Å². The van der Waals surface area contributed by atoms with Gasteiger partial charge in [0.05, 0.1) is 16.3 Å². The van der Waals surface area contributed by atoms with Crippen molar-refractivity contribution in [2.45, 2.75) is 14.9 Å². The van der Waals surface area contributed by atoms with Gasteiger partial charge in [-0.15, -0.1) is 0 Å². The Morgan fingerprint density at radius 3 is 2.15 bits per heavy atom. The SMILES string of the molecule is O=[SH](=O)c1ccccc1S(=O)(=O)Nc1ccc(Cl)cc1NS(=O)(=O)c1cc2ccccc2o1. The van der Waals surface area contributed by atoms with E-state index in [0.717, 1.165) is 12.1 Å². The molecule has 9 nitrogen and oxygen atoms in total. The van der Waals surface area contributed by atoms with Crippen LogP contribution in [0.3, 0.4) is 0 Å². The van der Waals surface area contributed by atoms with Gasteiger partial charge in [-0.25, -0.2) is 16.8 Å². The van der Waals surface area contributed by atoms with Crippen LogP contribution in [0.4, 0.5) is 11.4 Å². The van der Waals surface area contributed by atoms with Crippen LogP contribution < -0.4 is 9.44 Å². The smallest absolute Gasteiger partial charge is 0.295 e. The van der Waals surface area contributed by atoms with Crippen LogP contribution in [0.25, 0.3) is 11.0 Å². The zero-order chi connectivity index (χ0) is 23.8. The maximum atomic E-state index is 12.9. The lowest BCUT2D eigenvalue weighted by atomic mass is 10.3. The Bertz CT molecular complexity index is 1620. The van der Waals surface area contributed by atoms with Crippen molar-refractivity contribution in [3.05, 3.63) is 77.8 Å². The first-order chi connectivity index (χ1) is 15.6. The number of sulfonamides is 2. The predicted octanol–water partition coefficient (Wildman–Crippen LogP) is 3.66. The minimum Gasteiger partial charge on any atom is -0.443 e. The van der Waals surface area contributed by atoms with E-state index in [-0.39, 0.29) is 21.5 Å². The third kappa shape index (κ3) is 4.83. The van der Waals surface area contributed by atoms with Crippen molar-refractivity contribution in [3.63, 3.8) is 0 Å². The summed E-state index contributed by atoms with van der Waals surface area (Å²) in [7, 11) is -11.9. The molecule has 0 unspecified atom stereocenters. The number of benzene rings is 3. The van der Waals surface area contributed by atoms with Gasteiger partial charge in [-0.3, -0.25) is 9.44 Å². The molecule has 1 heterocycles. The molecule has 1 aromatic heterocycles. The number of furan rings is 1. The topological polar surface area (TPSA) is 140 Å². The number of rotatable bonds is 7. The van der Waals surface area contributed by atoms with Crippen LogP contribution in [0.2, 0.25) is 5.02 Å². The molecule has 0 amide bonds. The zero-order valence-corrected chi connectivity index (χ0v) is 19.7. The van der Waals surface area contributed by atoms with Crippen LogP contribution in [0, 0.1) is 0 Å². The number of fused-ring (bicyclic) bond motifs is 1. The highest BCUT2D eigenvalue weighted by Gasteiger charge is 2.24. The second-order valence-corrected chi connectivity index (χ2v) is 11.4. The van der Waals surface area contributed by atoms with Crippen molar-refractivity contribution in [1.82, 2.24) is 0 Å². The molecule has 0 bridgehead atoms. The molecule has 0 fully saturated rings. The second kappa shape index (κ2) is 8.71. The van der Waals surface area contributed by atoms with Crippen molar-refractivity contribution in [2.24, 2.45) is 0 Å². The lowest BCUT2D eigenvalue weighted by Gasteiger charge is -2.15. The fourth-order valence-electron chi connectivity index (χ4n) is 3.01. The number of halogens is 1. The summed E-state index contributed by atoms with van der Waals surface area (Å²) in [6.07, 6.45) is 0. The van der Waals surface area contributed by atoms with Gasteiger partial charge in [-0.1, -0.05) is 41.9 Å². The van der Waals surface area contributed by atoms with E-state index in [1.165, 1.54) is 36.4 Å². The summed E-state index contributed by atoms with van der Waals surface area (Å²) in [5.41, 5.74) is -0.00114. The molecule has 0 spiro atoms. The first kappa shape index (κ1) is 23.1. The fourth-order valence-corrected chi connectivity index (χ4v) is 6.45. The summed E-state index contributed by atoms with van der Waals surface area (Å²) in [6.45, 7) is 0. The summed E-state index contributed by atoms with van der Waals surface area (Å²) in [4.78, 5) is -0.888. The Balaban J connectivity index is 1.73. The van der Waals surface area contributed by atoms with E-state index in [1.54, 1.807) is 24.3 Å². The van der Waals surface area contributed by atoms with Crippen LogP contribution in [-0.2, 0) is 30.8 Å². The minimum absolute atomic E-state index is 0.128. The van der Waals surface area contributed by atoms with Crippen molar-refractivity contribution < 1.29 is 29.7 Å². The normalized spacial score (nSPS) is 12.2. The van der Waals surface area contributed by atoms with E-state index in [0.29, 0.717) is 11.0 Å². The molecule has 0 aliphatic carbocycles. The Morgan fingerprint density at radius 2 is 1.42 bits per heavy atom. The van der Waals surface area contributed by atoms with Crippen molar-refractivity contribution >= 4 is 64.7 Å². The van der Waals surface area contributed by atoms with Gasteiger partial charge in [0.25, 0.3) is 20.0 Å². The predicted molar refractivity (Wildman–Crippen MR) is 124 cm³/mol. The molecule has 0 saturated heterocycles. The van der Waals surface area contributed by atoms with Crippen LogP contribution in [0.15, 0.2) is 92.1 Å². The largest absolute Gasteiger partial charge is 0.443 e. The number of hydrogen-bond donors (Lipinski definition) is 3. The maximum Gasteiger partial charge on any atom is 0.295 e. The molecule has 2 N–H and O–H groups in total. The standard InChI is InChI=1S/C20H15ClN2O7S3/c21-14-9-10-15(22-32(26,27)19-8-4-3-7-18(19)31(24)25)16(12-14)23-33(28,29)20-11-13-5-1-2-6-17(13)30-20/h1-12,22-23,31H. The Kier molecular flexibility index (Phi) is 6.10.